The highest BCUT2D eigenvalue weighted by Gasteiger charge is 2.54. The number of hydrogen-bond acceptors (Lipinski definition) is 5. The number of hydrogen-bond donors (Lipinski definition) is 1. The molecule has 3 aliphatic heterocycles. The van der Waals surface area contributed by atoms with Gasteiger partial charge in [0, 0.05) is 44.6 Å². The smallest absolute Gasteiger partial charge is 0.256 e. The molecule has 0 aliphatic carbocycles. The number of likely N-dealkylation sites (tertiary alicyclic amines) is 1. The average Bonchev–Trinajstić information content (AvgIpc) is 3.56. The van der Waals surface area contributed by atoms with Gasteiger partial charge in [0.05, 0.1) is 18.3 Å². The van der Waals surface area contributed by atoms with Crippen LogP contribution in [-0.2, 0) is 14.3 Å². The number of halogens is 1. The zero-order valence-corrected chi connectivity index (χ0v) is 21.0. The second-order valence-electron chi connectivity index (χ2n) is 9.97. The van der Waals surface area contributed by atoms with Crippen LogP contribution in [0.3, 0.4) is 0 Å². The molecule has 1 spiro atoms. The van der Waals surface area contributed by atoms with Crippen LogP contribution in [0.2, 0.25) is 0 Å². The van der Waals surface area contributed by atoms with E-state index in [-0.39, 0.29) is 43.2 Å². The molecule has 3 heterocycles. The normalized spacial score (nSPS) is 22.9. The Morgan fingerprint density at radius 1 is 1.08 bits per heavy atom. The van der Waals surface area contributed by atoms with Gasteiger partial charge in [-0.05, 0) is 44.0 Å². The molecule has 0 unspecified atom stereocenters. The molecule has 0 radical (unpaired) electrons. The van der Waals surface area contributed by atoms with E-state index < -0.39 is 23.5 Å². The summed E-state index contributed by atoms with van der Waals surface area (Å²) in [6.07, 6.45) is 2.48. The summed E-state index contributed by atoms with van der Waals surface area (Å²) in [4.78, 5) is 43.2. The molecule has 196 valence electrons. The standard InChI is InChI=1S/C28H32FN3O5/c1-19-6-4-7-20(16-19)26(34)32-24(25(33)30-17-21-8-5-15-36-21)18-37-28(32)11-13-31(14-12-28)27(35)22-9-2-3-10-23(22)29/h2-4,6-7,9-10,16,21,24H,5,8,11-15,17-18H2,1H3,(H,30,33)/t21-,24+/m0/s1. The van der Waals surface area contributed by atoms with Crippen molar-refractivity contribution in [3.8, 4) is 0 Å². The first-order valence-electron chi connectivity index (χ1n) is 12.9. The van der Waals surface area contributed by atoms with Crippen molar-refractivity contribution in [2.45, 2.75) is 50.5 Å². The second-order valence-corrected chi connectivity index (χ2v) is 9.97. The van der Waals surface area contributed by atoms with Gasteiger partial charge in [-0.3, -0.25) is 19.3 Å². The number of benzene rings is 2. The molecule has 0 bridgehead atoms. The van der Waals surface area contributed by atoms with Gasteiger partial charge in [0.15, 0.2) is 0 Å². The molecule has 1 N–H and O–H groups in total. The molecule has 3 saturated heterocycles. The van der Waals surface area contributed by atoms with Gasteiger partial charge in [-0.15, -0.1) is 0 Å². The number of aryl methyl sites for hydroxylation is 1. The lowest BCUT2D eigenvalue weighted by molar-refractivity contribution is -0.128. The quantitative estimate of drug-likeness (QED) is 0.670. The molecule has 3 fully saturated rings. The summed E-state index contributed by atoms with van der Waals surface area (Å²) in [6, 6.07) is 12.4. The summed E-state index contributed by atoms with van der Waals surface area (Å²) in [5, 5.41) is 2.95. The van der Waals surface area contributed by atoms with Crippen molar-refractivity contribution in [1.29, 1.82) is 0 Å². The monoisotopic (exact) mass is 509 g/mol. The van der Waals surface area contributed by atoms with Crippen LogP contribution >= 0.6 is 0 Å². The number of ether oxygens (including phenoxy) is 2. The van der Waals surface area contributed by atoms with Crippen LogP contribution < -0.4 is 5.32 Å². The molecule has 3 amide bonds. The molecule has 2 aromatic rings. The van der Waals surface area contributed by atoms with E-state index in [9.17, 15) is 18.8 Å². The lowest BCUT2D eigenvalue weighted by Crippen LogP contribution is -2.60. The average molecular weight is 510 g/mol. The van der Waals surface area contributed by atoms with Crippen LogP contribution in [0.5, 0.6) is 0 Å². The third-order valence-corrected chi connectivity index (χ3v) is 7.51. The Hall–Kier alpha value is -3.30. The maximum absolute atomic E-state index is 14.2. The highest BCUT2D eigenvalue weighted by Crippen LogP contribution is 2.39. The van der Waals surface area contributed by atoms with Crippen LogP contribution in [0.15, 0.2) is 48.5 Å². The van der Waals surface area contributed by atoms with Crippen molar-refractivity contribution < 1.29 is 28.2 Å². The number of amides is 3. The fourth-order valence-electron chi connectivity index (χ4n) is 5.49. The van der Waals surface area contributed by atoms with E-state index in [0.717, 1.165) is 18.4 Å². The van der Waals surface area contributed by atoms with Crippen LogP contribution in [0, 0.1) is 12.7 Å². The van der Waals surface area contributed by atoms with Crippen LogP contribution in [0.4, 0.5) is 4.39 Å². The summed E-state index contributed by atoms with van der Waals surface area (Å²) >= 11 is 0. The predicted octanol–water partition coefficient (Wildman–Crippen LogP) is 2.90. The number of carbonyl (C=O) groups excluding carboxylic acids is 3. The van der Waals surface area contributed by atoms with Crippen LogP contribution in [-0.4, -0.2) is 78.2 Å². The number of nitrogens with one attached hydrogen (secondary N) is 1. The number of nitrogens with zero attached hydrogens (tertiary/aromatic N) is 2. The molecule has 5 rings (SSSR count). The fraction of sp³-hybridized carbons (Fsp3) is 0.464. The Bertz CT molecular complexity index is 1170. The predicted molar refractivity (Wildman–Crippen MR) is 133 cm³/mol. The van der Waals surface area contributed by atoms with E-state index in [2.05, 4.69) is 5.32 Å². The highest BCUT2D eigenvalue weighted by molar-refractivity contribution is 5.99. The number of piperidine rings is 1. The van der Waals surface area contributed by atoms with Gasteiger partial charge in [-0.25, -0.2) is 4.39 Å². The minimum absolute atomic E-state index is 0.0184. The van der Waals surface area contributed by atoms with Crippen LogP contribution in [0.25, 0.3) is 0 Å². The lowest BCUT2D eigenvalue weighted by atomic mass is 9.95. The van der Waals surface area contributed by atoms with E-state index in [1.807, 2.05) is 19.1 Å². The molecule has 9 heteroatoms. The van der Waals surface area contributed by atoms with Gasteiger partial charge >= 0.3 is 0 Å². The fourth-order valence-corrected chi connectivity index (χ4v) is 5.49. The highest BCUT2D eigenvalue weighted by atomic mass is 19.1. The van der Waals surface area contributed by atoms with E-state index in [1.165, 1.54) is 12.1 Å². The molecular formula is C28H32FN3O5. The maximum atomic E-state index is 14.2. The van der Waals surface area contributed by atoms with Crippen LogP contribution in [0.1, 0.15) is 52.0 Å². The molecule has 2 aromatic carbocycles. The molecule has 0 aromatic heterocycles. The van der Waals surface area contributed by atoms with Gasteiger partial charge < -0.3 is 19.7 Å². The topological polar surface area (TPSA) is 88.2 Å². The Morgan fingerprint density at radius 3 is 2.57 bits per heavy atom. The Morgan fingerprint density at radius 2 is 1.86 bits per heavy atom. The molecular weight excluding hydrogens is 477 g/mol. The molecule has 8 nitrogen and oxygen atoms in total. The van der Waals surface area contributed by atoms with Crippen molar-refractivity contribution in [3.63, 3.8) is 0 Å². The Balaban J connectivity index is 1.36. The van der Waals surface area contributed by atoms with E-state index in [0.29, 0.717) is 31.6 Å². The summed E-state index contributed by atoms with van der Waals surface area (Å²) in [6.45, 7) is 3.60. The first-order chi connectivity index (χ1) is 17.9. The van der Waals surface area contributed by atoms with Crippen molar-refractivity contribution in [3.05, 3.63) is 71.0 Å². The zero-order chi connectivity index (χ0) is 26.0. The van der Waals surface area contributed by atoms with Gasteiger partial charge in [0.1, 0.15) is 17.6 Å². The SMILES string of the molecule is Cc1cccc(C(=O)N2[C@@H](C(=O)NC[C@@H]3CCCO3)COC23CCN(C(=O)c2ccccc2F)CC3)c1. The summed E-state index contributed by atoms with van der Waals surface area (Å²) < 4.78 is 26.1. The maximum Gasteiger partial charge on any atom is 0.256 e. The van der Waals surface area contributed by atoms with Gasteiger partial charge in [-0.2, -0.15) is 0 Å². The zero-order valence-electron chi connectivity index (χ0n) is 21.0. The third-order valence-electron chi connectivity index (χ3n) is 7.51. The van der Waals surface area contributed by atoms with Gasteiger partial charge in [-0.1, -0.05) is 29.8 Å². The minimum atomic E-state index is -1.03. The lowest BCUT2D eigenvalue weighted by Gasteiger charge is -2.44. The second kappa shape index (κ2) is 10.6. The third kappa shape index (κ3) is 5.10. The number of rotatable bonds is 5. The van der Waals surface area contributed by atoms with E-state index >= 15 is 0 Å². The summed E-state index contributed by atoms with van der Waals surface area (Å²) in [7, 11) is 0. The largest absolute Gasteiger partial charge is 0.376 e. The van der Waals surface area contributed by atoms with E-state index in [1.54, 1.807) is 34.1 Å². The first-order valence-corrected chi connectivity index (χ1v) is 12.9. The Kier molecular flexibility index (Phi) is 7.26. The molecule has 0 saturated carbocycles. The van der Waals surface area contributed by atoms with Crippen molar-refractivity contribution in [2.24, 2.45) is 0 Å². The molecule has 2 atom stereocenters. The summed E-state index contributed by atoms with van der Waals surface area (Å²) in [5.74, 6) is -1.52. The first kappa shape index (κ1) is 25.4. The Labute approximate surface area is 215 Å². The summed E-state index contributed by atoms with van der Waals surface area (Å²) in [5.41, 5.74) is 0.403. The number of carbonyl (C=O) groups is 3. The van der Waals surface area contributed by atoms with E-state index in [4.69, 9.17) is 9.47 Å². The van der Waals surface area contributed by atoms with Crippen molar-refractivity contribution in [1.82, 2.24) is 15.1 Å². The molecule has 37 heavy (non-hydrogen) atoms. The molecule has 3 aliphatic rings. The van der Waals surface area contributed by atoms with Gasteiger partial charge in [0.2, 0.25) is 5.91 Å². The van der Waals surface area contributed by atoms with Gasteiger partial charge in [0.25, 0.3) is 11.8 Å². The van der Waals surface area contributed by atoms with Crippen molar-refractivity contribution in [2.75, 3.05) is 32.8 Å². The van der Waals surface area contributed by atoms with Crippen molar-refractivity contribution >= 4 is 17.7 Å². The minimum Gasteiger partial charge on any atom is -0.376 e.